The lowest BCUT2D eigenvalue weighted by molar-refractivity contribution is -0.167. The minimum Gasteiger partial charge on any atom is -0.324 e. The fourth-order valence-corrected chi connectivity index (χ4v) is 1.68. The molecule has 0 saturated carbocycles. The Morgan fingerprint density at radius 3 is 2.48 bits per heavy atom. The van der Waals surface area contributed by atoms with Gasteiger partial charge in [0.25, 0.3) is 0 Å². The van der Waals surface area contributed by atoms with Gasteiger partial charge >= 0.3 is 0 Å². The van der Waals surface area contributed by atoms with Gasteiger partial charge in [-0.1, -0.05) is 17.6 Å². The van der Waals surface area contributed by atoms with Gasteiger partial charge in [-0.3, -0.25) is 9.63 Å². The molecule has 1 aromatic carbocycles. The molecule has 0 radical (unpaired) electrons. The number of aromatic nitrogens is 2. The van der Waals surface area contributed by atoms with Crippen molar-refractivity contribution in [2.75, 3.05) is 19.5 Å². The number of nitrogens with one attached hydrogen (secondary N) is 1. The van der Waals surface area contributed by atoms with Crippen molar-refractivity contribution in [2.24, 2.45) is 0 Å². The quantitative estimate of drug-likeness (QED) is 0.620. The number of hydroxylamine groups is 2. The molecule has 7 heteroatoms. The summed E-state index contributed by atoms with van der Waals surface area (Å²) >= 11 is 0. The van der Waals surface area contributed by atoms with Crippen LogP contribution in [0.5, 0.6) is 0 Å². The Morgan fingerprint density at radius 2 is 1.90 bits per heavy atom. The van der Waals surface area contributed by atoms with Crippen LogP contribution in [-0.2, 0) is 16.1 Å². The summed E-state index contributed by atoms with van der Waals surface area (Å²) in [4.78, 5) is 24.9. The third kappa shape index (κ3) is 4.29. The number of anilines is 2. The van der Waals surface area contributed by atoms with E-state index in [1.807, 2.05) is 32.1 Å². The number of hydrogen-bond donors (Lipinski definition) is 1. The largest absolute Gasteiger partial charge is 0.324 e. The highest BCUT2D eigenvalue weighted by atomic mass is 16.7. The van der Waals surface area contributed by atoms with Gasteiger partial charge in [-0.15, -0.1) is 0 Å². The van der Waals surface area contributed by atoms with Crippen molar-refractivity contribution < 1.29 is 9.63 Å². The molecule has 21 heavy (non-hydrogen) atoms. The Balaban J connectivity index is 1.98. The number of likely N-dealkylation sites (N-methyl/N-ethyl adjacent to an activating group) is 1. The van der Waals surface area contributed by atoms with Crippen molar-refractivity contribution in [2.45, 2.75) is 6.42 Å². The van der Waals surface area contributed by atoms with Gasteiger partial charge in [0.15, 0.2) is 0 Å². The summed E-state index contributed by atoms with van der Waals surface area (Å²) in [6.07, 6.45) is 3.80. The van der Waals surface area contributed by atoms with Crippen LogP contribution in [0, 0.1) is 0 Å². The smallest absolute Gasteiger partial charge is 0.250 e. The number of nitrogens with zero attached hydrogens (tertiary/aromatic N) is 3. The standard InChI is InChI=1S/C14H17BN4O2/c1-19(21-2)13(20)7-10-3-5-12(6-4-10)18-14-16-8-11(15)9-17-14/h3-6,8-9H,7,15H2,1-2H3,(H,16,17,18). The zero-order valence-corrected chi connectivity index (χ0v) is 12.3. The molecule has 6 nitrogen and oxygen atoms in total. The van der Waals surface area contributed by atoms with Crippen molar-refractivity contribution >= 4 is 30.9 Å². The van der Waals surface area contributed by atoms with Crippen molar-refractivity contribution in [1.29, 1.82) is 0 Å². The van der Waals surface area contributed by atoms with Crippen LogP contribution in [0.4, 0.5) is 11.6 Å². The van der Waals surface area contributed by atoms with Gasteiger partial charge in [-0.25, -0.2) is 15.0 Å². The van der Waals surface area contributed by atoms with E-state index >= 15 is 0 Å². The average Bonchev–Trinajstić information content (AvgIpc) is 2.50. The lowest BCUT2D eigenvalue weighted by Gasteiger charge is -2.13. The number of carbonyl (C=O) groups is 1. The van der Waals surface area contributed by atoms with Crippen LogP contribution in [0.2, 0.25) is 0 Å². The van der Waals surface area contributed by atoms with Crippen molar-refractivity contribution in [3.05, 3.63) is 42.2 Å². The number of amides is 1. The van der Waals surface area contributed by atoms with Crippen molar-refractivity contribution in [3.63, 3.8) is 0 Å². The molecule has 0 aliphatic rings. The fourth-order valence-electron chi connectivity index (χ4n) is 1.68. The first-order valence-electron chi connectivity index (χ1n) is 6.54. The second-order valence-corrected chi connectivity index (χ2v) is 4.66. The summed E-state index contributed by atoms with van der Waals surface area (Å²) in [7, 11) is 4.99. The zero-order chi connectivity index (χ0) is 15.2. The first-order valence-corrected chi connectivity index (χ1v) is 6.54. The molecule has 0 atom stereocenters. The third-order valence-electron chi connectivity index (χ3n) is 2.97. The molecule has 0 aliphatic carbocycles. The Hall–Kier alpha value is -2.41. The van der Waals surface area contributed by atoms with Gasteiger partial charge in [0.2, 0.25) is 11.9 Å². The maximum atomic E-state index is 11.7. The van der Waals surface area contributed by atoms with E-state index in [4.69, 9.17) is 4.84 Å². The van der Waals surface area contributed by atoms with Crippen LogP contribution in [0.1, 0.15) is 5.56 Å². The van der Waals surface area contributed by atoms with Crippen molar-refractivity contribution in [3.8, 4) is 0 Å². The molecule has 1 amide bonds. The predicted molar refractivity (Wildman–Crippen MR) is 83.4 cm³/mol. The summed E-state index contributed by atoms with van der Waals surface area (Å²) in [6, 6.07) is 7.55. The Bertz CT molecular complexity index is 601. The second-order valence-electron chi connectivity index (χ2n) is 4.66. The lowest BCUT2D eigenvalue weighted by atomic mass is 10.0. The highest BCUT2D eigenvalue weighted by Crippen LogP contribution is 2.14. The monoisotopic (exact) mass is 284 g/mol. The number of rotatable bonds is 5. The van der Waals surface area contributed by atoms with Gasteiger partial charge in [0, 0.05) is 25.1 Å². The van der Waals surface area contributed by atoms with Crippen LogP contribution in [0.15, 0.2) is 36.7 Å². The SMILES string of the molecule is Bc1cnc(Nc2ccc(CC(=O)N(C)OC)cc2)nc1. The van der Waals surface area contributed by atoms with Gasteiger partial charge in [0.05, 0.1) is 13.5 Å². The molecule has 1 N–H and O–H groups in total. The summed E-state index contributed by atoms with van der Waals surface area (Å²) in [5.41, 5.74) is 2.80. The minimum absolute atomic E-state index is 0.0972. The Labute approximate surface area is 124 Å². The zero-order valence-electron chi connectivity index (χ0n) is 12.3. The molecule has 1 heterocycles. The third-order valence-corrected chi connectivity index (χ3v) is 2.97. The molecule has 108 valence electrons. The van der Waals surface area contributed by atoms with E-state index in [1.165, 1.54) is 12.2 Å². The lowest BCUT2D eigenvalue weighted by Crippen LogP contribution is -2.26. The molecule has 2 aromatic rings. The molecule has 0 aliphatic heterocycles. The molecular weight excluding hydrogens is 267 g/mol. The number of hydrogen-bond acceptors (Lipinski definition) is 5. The first kappa shape index (κ1) is 15.0. The van der Waals surface area contributed by atoms with Gasteiger partial charge < -0.3 is 5.32 Å². The summed E-state index contributed by atoms with van der Waals surface area (Å²) < 4.78 is 0. The highest BCUT2D eigenvalue weighted by Gasteiger charge is 2.08. The van der Waals surface area contributed by atoms with E-state index in [0.717, 1.165) is 16.7 Å². The molecule has 0 saturated heterocycles. The second kappa shape index (κ2) is 6.85. The molecule has 0 unspecified atom stereocenters. The van der Waals surface area contributed by atoms with Crippen LogP contribution < -0.4 is 10.8 Å². The van der Waals surface area contributed by atoms with Crippen molar-refractivity contribution in [1.82, 2.24) is 15.0 Å². The summed E-state index contributed by atoms with van der Waals surface area (Å²) in [5, 5.41) is 4.32. The molecule has 0 spiro atoms. The van der Waals surface area contributed by atoms with E-state index in [9.17, 15) is 4.79 Å². The van der Waals surface area contributed by atoms with E-state index < -0.39 is 0 Å². The maximum absolute atomic E-state index is 11.7. The molecule has 0 bridgehead atoms. The highest BCUT2D eigenvalue weighted by molar-refractivity contribution is 6.31. The van der Waals surface area contributed by atoms with E-state index in [-0.39, 0.29) is 5.91 Å². The normalized spacial score (nSPS) is 10.2. The minimum atomic E-state index is -0.0972. The summed E-state index contributed by atoms with van der Waals surface area (Å²) in [6.45, 7) is 0. The van der Waals surface area contributed by atoms with E-state index in [0.29, 0.717) is 12.4 Å². The number of benzene rings is 1. The molecule has 0 fully saturated rings. The predicted octanol–water partition coefficient (Wildman–Crippen LogP) is 0.0409. The van der Waals surface area contributed by atoms with E-state index in [2.05, 4.69) is 15.3 Å². The topological polar surface area (TPSA) is 67.4 Å². The van der Waals surface area contributed by atoms with Gasteiger partial charge in [-0.05, 0) is 17.7 Å². The van der Waals surface area contributed by atoms with Gasteiger partial charge in [-0.2, -0.15) is 0 Å². The molecule has 2 rings (SSSR count). The maximum Gasteiger partial charge on any atom is 0.250 e. The van der Waals surface area contributed by atoms with Crippen LogP contribution >= 0.6 is 0 Å². The van der Waals surface area contributed by atoms with Crippen LogP contribution in [0.3, 0.4) is 0 Å². The average molecular weight is 284 g/mol. The molecule has 1 aromatic heterocycles. The fraction of sp³-hybridized carbons (Fsp3) is 0.214. The van der Waals surface area contributed by atoms with Gasteiger partial charge in [0.1, 0.15) is 7.85 Å². The van der Waals surface area contributed by atoms with E-state index in [1.54, 1.807) is 19.4 Å². The number of carbonyl (C=O) groups excluding carboxylic acids is 1. The Kier molecular flexibility index (Phi) is 4.89. The molecular formula is C14H17BN4O2. The Morgan fingerprint density at radius 1 is 1.29 bits per heavy atom. The van der Waals surface area contributed by atoms with Crippen LogP contribution in [0.25, 0.3) is 0 Å². The van der Waals surface area contributed by atoms with Crippen LogP contribution in [-0.4, -0.2) is 42.9 Å². The summed E-state index contributed by atoms with van der Waals surface area (Å²) in [5.74, 6) is 0.448. The first-order chi connectivity index (χ1) is 10.1.